The lowest BCUT2D eigenvalue weighted by Gasteiger charge is -2.33. The molecule has 2 aliphatic carbocycles. The van der Waals surface area contributed by atoms with Crippen LogP contribution in [-0.4, -0.2) is 0 Å². The molecule has 25 heavy (non-hydrogen) atoms. The largest absolute Gasteiger partial charge is 0.318 e. The second-order valence-corrected chi connectivity index (χ2v) is 8.73. The maximum Gasteiger partial charge on any atom is 0.0455 e. The summed E-state index contributed by atoms with van der Waals surface area (Å²) >= 11 is 7.18. The molecule has 3 heteroatoms. The first-order chi connectivity index (χ1) is 12.1. The van der Waals surface area contributed by atoms with Crippen LogP contribution in [0.4, 0.5) is 5.69 Å². The Bertz CT molecular complexity index is 738. The lowest BCUT2D eigenvalue weighted by molar-refractivity contribution is 0.614. The van der Waals surface area contributed by atoms with E-state index < -0.39 is 0 Å². The van der Waals surface area contributed by atoms with Gasteiger partial charge in [0.15, 0.2) is 0 Å². The van der Waals surface area contributed by atoms with E-state index >= 15 is 0 Å². The predicted octanol–water partition coefficient (Wildman–Crippen LogP) is 7.86. The average Bonchev–Trinajstić information content (AvgIpc) is 2.65. The van der Waals surface area contributed by atoms with Crippen molar-refractivity contribution in [1.82, 2.24) is 0 Å². The smallest absolute Gasteiger partial charge is 0.0455 e. The van der Waals surface area contributed by atoms with Gasteiger partial charge in [0.05, 0.1) is 0 Å². The third kappa shape index (κ3) is 4.57. The fourth-order valence-corrected chi connectivity index (χ4v) is 3.99. The molecule has 0 fully saturated rings. The molecule has 3 rings (SSSR count). The first-order valence-corrected chi connectivity index (χ1v) is 10.7. The average molecular weight is 463 g/mol. The number of nitrogens with zero attached hydrogens (tertiary/aromatic N) is 1. The summed E-state index contributed by atoms with van der Waals surface area (Å²) in [6, 6.07) is 8.66. The highest BCUT2D eigenvalue weighted by Crippen LogP contribution is 2.36. The molecule has 0 spiro atoms. The van der Waals surface area contributed by atoms with Gasteiger partial charge in [0.25, 0.3) is 0 Å². The molecule has 0 aliphatic heterocycles. The van der Waals surface area contributed by atoms with E-state index in [9.17, 15) is 0 Å². The van der Waals surface area contributed by atoms with E-state index in [0.29, 0.717) is 5.92 Å². The number of allylic oxidation sites excluding steroid dienone is 8. The van der Waals surface area contributed by atoms with Crippen LogP contribution in [0.2, 0.25) is 0 Å². The van der Waals surface area contributed by atoms with Crippen LogP contribution in [0, 0.1) is 5.92 Å². The molecule has 0 heterocycles. The minimum atomic E-state index is 0.687. The summed E-state index contributed by atoms with van der Waals surface area (Å²) in [5.74, 6) is 0.687. The summed E-state index contributed by atoms with van der Waals surface area (Å²) in [4.78, 5) is 2.45. The molecule has 0 amide bonds. The van der Waals surface area contributed by atoms with Crippen LogP contribution < -0.4 is 4.90 Å². The molecule has 1 atom stereocenters. The van der Waals surface area contributed by atoms with Crippen LogP contribution in [0.1, 0.15) is 46.0 Å². The Kier molecular flexibility index (Phi) is 6.40. The second-order valence-electron chi connectivity index (χ2n) is 6.79. The highest BCUT2D eigenvalue weighted by Gasteiger charge is 2.21. The summed E-state index contributed by atoms with van der Waals surface area (Å²) in [7, 11) is 0. The molecule has 1 unspecified atom stereocenters. The minimum absolute atomic E-state index is 0.687. The zero-order valence-electron chi connectivity index (χ0n) is 14.9. The molecule has 132 valence electrons. The van der Waals surface area contributed by atoms with Crippen LogP contribution in [0.15, 0.2) is 74.5 Å². The number of rotatable bonds is 5. The normalized spacial score (nSPS) is 18.7. The van der Waals surface area contributed by atoms with Crippen molar-refractivity contribution in [3.63, 3.8) is 0 Å². The van der Waals surface area contributed by atoms with Crippen LogP contribution in [0.3, 0.4) is 0 Å². The Morgan fingerprint density at radius 3 is 2.04 bits per heavy atom. The zero-order valence-corrected chi connectivity index (χ0v) is 18.1. The van der Waals surface area contributed by atoms with Crippen LogP contribution in [0.5, 0.6) is 0 Å². The van der Waals surface area contributed by atoms with Crippen LogP contribution in [-0.2, 0) is 0 Å². The number of halogens is 2. The first-order valence-electron chi connectivity index (χ1n) is 9.09. The minimum Gasteiger partial charge on any atom is -0.318 e. The van der Waals surface area contributed by atoms with Gasteiger partial charge in [-0.25, -0.2) is 0 Å². The standard InChI is InChI=1S/C22H25Br2N/c1-3-16(2)17-4-10-20(11-5-17)25(21-12-6-18(23)7-13-21)22-14-8-19(24)9-15-22/h4,6-8,10,12-14,16H,3,5,9,11,15H2,1-2H3. The van der Waals surface area contributed by atoms with Crippen molar-refractivity contribution in [3.8, 4) is 0 Å². The molecule has 1 aromatic carbocycles. The molecule has 0 bridgehead atoms. The number of benzene rings is 1. The predicted molar refractivity (Wildman–Crippen MR) is 116 cm³/mol. The maximum absolute atomic E-state index is 3.63. The number of hydrogen-bond donors (Lipinski definition) is 0. The van der Waals surface area contributed by atoms with Crippen molar-refractivity contribution in [1.29, 1.82) is 0 Å². The molecule has 1 aromatic rings. The lowest BCUT2D eigenvalue weighted by Crippen LogP contribution is -2.24. The fourth-order valence-electron chi connectivity index (χ4n) is 3.39. The highest BCUT2D eigenvalue weighted by molar-refractivity contribution is 9.11. The summed E-state index contributed by atoms with van der Waals surface area (Å²) < 4.78 is 2.40. The van der Waals surface area contributed by atoms with E-state index in [1.165, 1.54) is 34.4 Å². The van der Waals surface area contributed by atoms with E-state index in [0.717, 1.165) is 23.7 Å². The molecule has 1 nitrogen and oxygen atoms in total. The molecule has 0 N–H and O–H groups in total. The van der Waals surface area contributed by atoms with E-state index in [4.69, 9.17) is 0 Å². The van der Waals surface area contributed by atoms with Gasteiger partial charge in [-0.15, -0.1) is 0 Å². The SMILES string of the molecule is CCC(C)C1=CC=C(N(C2=CC=C(Br)CC2)c2ccc(Br)cc2)CC1. The Morgan fingerprint density at radius 1 is 0.880 bits per heavy atom. The highest BCUT2D eigenvalue weighted by atomic mass is 79.9. The monoisotopic (exact) mass is 461 g/mol. The van der Waals surface area contributed by atoms with Gasteiger partial charge in [0, 0.05) is 21.6 Å². The van der Waals surface area contributed by atoms with Gasteiger partial charge in [-0.2, -0.15) is 0 Å². The molecule has 0 saturated carbocycles. The van der Waals surface area contributed by atoms with Gasteiger partial charge < -0.3 is 4.90 Å². The third-order valence-corrected chi connectivity index (χ3v) is 6.33. The Labute approximate surface area is 168 Å². The molecule has 0 radical (unpaired) electrons. The van der Waals surface area contributed by atoms with Crippen LogP contribution in [0.25, 0.3) is 0 Å². The third-order valence-electron chi connectivity index (χ3n) is 5.14. The van der Waals surface area contributed by atoms with Gasteiger partial charge in [-0.3, -0.25) is 0 Å². The van der Waals surface area contributed by atoms with Crippen molar-refractivity contribution in [2.24, 2.45) is 5.92 Å². The lowest BCUT2D eigenvalue weighted by atomic mass is 9.90. The first kappa shape index (κ1) is 18.7. The van der Waals surface area contributed by atoms with Gasteiger partial charge in [0.2, 0.25) is 0 Å². The molecular formula is C22H25Br2N. The zero-order chi connectivity index (χ0) is 17.8. The van der Waals surface area contributed by atoms with E-state index in [1.807, 2.05) is 0 Å². The van der Waals surface area contributed by atoms with Crippen molar-refractivity contribution < 1.29 is 0 Å². The quantitative estimate of drug-likeness (QED) is 0.430. The van der Waals surface area contributed by atoms with Crippen molar-refractivity contribution >= 4 is 37.5 Å². The fraction of sp³-hybridized carbons (Fsp3) is 0.364. The van der Waals surface area contributed by atoms with Gasteiger partial charge >= 0.3 is 0 Å². The Balaban J connectivity index is 1.96. The van der Waals surface area contributed by atoms with Gasteiger partial charge in [-0.1, -0.05) is 63.4 Å². The molecular weight excluding hydrogens is 438 g/mol. The summed E-state index contributed by atoms with van der Waals surface area (Å²) in [5, 5.41) is 0. The van der Waals surface area contributed by atoms with Gasteiger partial charge in [0.1, 0.15) is 0 Å². The summed E-state index contributed by atoms with van der Waals surface area (Å²) in [6.45, 7) is 4.61. The number of hydrogen-bond acceptors (Lipinski definition) is 1. The Morgan fingerprint density at radius 2 is 1.52 bits per heavy atom. The summed E-state index contributed by atoms with van der Waals surface area (Å²) in [5.41, 5.74) is 5.60. The van der Waals surface area contributed by atoms with Crippen molar-refractivity contribution in [2.75, 3.05) is 4.90 Å². The van der Waals surface area contributed by atoms with E-state index in [-0.39, 0.29) is 0 Å². The van der Waals surface area contributed by atoms with E-state index in [1.54, 1.807) is 5.57 Å². The Hall–Kier alpha value is -1.06. The summed E-state index contributed by atoms with van der Waals surface area (Å²) in [6.07, 6.45) is 14.8. The van der Waals surface area contributed by atoms with Gasteiger partial charge in [-0.05, 0) is 78.9 Å². The second kappa shape index (κ2) is 8.55. The molecule has 2 aliphatic rings. The molecule has 0 saturated heterocycles. The maximum atomic E-state index is 3.63. The topological polar surface area (TPSA) is 3.24 Å². The number of anilines is 1. The molecule has 0 aromatic heterocycles. The van der Waals surface area contributed by atoms with Crippen molar-refractivity contribution in [2.45, 2.75) is 46.0 Å². The van der Waals surface area contributed by atoms with Crippen LogP contribution >= 0.6 is 31.9 Å². The van der Waals surface area contributed by atoms with Crippen molar-refractivity contribution in [3.05, 3.63) is 74.5 Å². The van der Waals surface area contributed by atoms with E-state index in [2.05, 4.69) is 99.2 Å².